The third kappa shape index (κ3) is 5.06. The second-order valence-electron chi connectivity index (χ2n) is 13.3. The van der Waals surface area contributed by atoms with Crippen LogP contribution in [0.3, 0.4) is 0 Å². The van der Waals surface area contributed by atoms with E-state index in [0.717, 1.165) is 37.9 Å². The van der Waals surface area contributed by atoms with E-state index in [0.29, 0.717) is 17.2 Å². The normalized spacial score (nSPS) is 16.7. The summed E-state index contributed by atoms with van der Waals surface area (Å²) in [6.45, 7) is 4.32. The molecule has 8 aromatic rings. The van der Waals surface area contributed by atoms with Gasteiger partial charge < -0.3 is 9.15 Å². The van der Waals surface area contributed by atoms with E-state index in [1.807, 2.05) is 54.6 Å². The molecule has 0 spiro atoms. The van der Waals surface area contributed by atoms with Gasteiger partial charge in [-0.3, -0.25) is 0 Å². The lowest BCUT2D eigenvalue weighted by molar-refractivity contribution is 0.269. The third-order valence-corrected chi connectivity index (χ3v) is 10.7. The summed E-state index contributed by atoms with van der Waals surface area (Å²) in [5.74, 6) is 1.63. The molecule has 0 amide bonds. The first-order valence-electron chi connectivity index (χ1n) is 17.1. The zero-order valence-corrected chi connectivity index (χ0v) is 29.1. The first-order chi connectivity index (χ1) is 25.1. The molecule has 2 atom stereocenters. The number of halogens is 1. The van der Waals surface area contributed by atoms with Crippen LogP contribution in [0.1, 0.15) is 33.9 Å². The second-order valence-corrected chi connectivity index (χ2v) is 14.2. The van der Waals surface area contributed by atoms with Crippen LogP contribution in [0, 0.1) is 0 Å². The fourth-order valence-corrected chi connectivity index (χ4v) is 8.08. The van der Waals surface area contributed by atoms with Gasteiger partial charge in [0.1, 0.15) is 23.1 Å². The van der Waals surface area contributed by atoms with Crippen molar-refractivity contribution in [2.75, 3.05) is 0 Å². The average molecular weight is 721 g/mol. The van der Waals surface area contributed by atoms with Gasteiger partial charge in [0.25, 0.3) is 0 Å². The van der Waals surface area contributed by atoms with Crippen molar-refractivity contribution in [1.29, 1.82) is 0 Å². The van der Waals surface area contributed by atoms with Gasteiger partial charge >= 0.3 is 0 Å². The Morgan fingerprint density at radius 2 is 1.35 bits per heavy atom. The highest BCUT2D eigenvalue weighted by atomic mass is 79.9. The summed E-state index contributed by atoms with van der Waals surface area (Å²) in [6.07, 6.45) is 6.70. The van der Waals surface area contributed by atoms with E-state index in [-0.39, 0.29) is 12.0 Å². The minimum Gasteiger partial charge on any atom is -0.485 e. The highest BCUT2D eigenvalue weighted by Crippen LogP contribution is 2.45. The van der Waals surface area contributed by atoms with Crippen molar-refractivity contribution in [3.8, 4) is 5.75 Å². The van der Waals surface area contributed by atoms with Crippen LogP contribution >= 0.6 is 15.9 Å². The maximum atomic E-state index is 6.62. The van der Waals surface area contributed by atoms with E-state index in [1.165, 1.54) is 43.5 Å². The van der Waals surface area contributed by atoms with Crippen LogP contribution in [0.2, 0.25) is 0 Å². The van der Waals surface area contributed by atoms with Gasteiger partial charge in [0, 0.05) is 26.9 Å². The maximum absolute atomic E-state index is 6.62. The molecule has 242 valence electrons. The van der Waals surface area contributed by atoms with Crippen molar-refractivity contribution < 1.29 is 9.15 Å². The van der Waals surface area contributed by atoms with Crippen LogP contribution in [0.5, 0.6) is 5.75 Å². The topological polar surface area (TPSA) is 34.7 Å². The molecular weight excluding hydrogens is 690 g/mol. The minimum absolute atomic E-state index is 0.0764. The monoisotopic (exact) mass is 719 g/mol. The molecule has 4 heteroatoms. The summed E-state index contributed by atoms with van der Waals surface area (Å²) < 4.78 is 14.0. The molecule has 0 saturated heterocycles. The lowest BCUT2D eigenvalue weighted by Crippen LogP contribution is -2.16. The number of rotatable bonds is 5. The molecule has 0 fully saturated rings. The number of aliphatic imine (C=N–C) groups is 1. The Hall–Kier alpha value is -5.97. The van der Waals surface area contributed by atoms with Crippen molar-refractivity contribution in [1.82, 2.24) is 0 Å². The molecule has 51 heavy (non-hydrogen) atoms. The fourth-order valence-electron chi connectivity index (χ4n) is 7.74. The Bertz CT molecular complexity index is 2790. The summed E-state index contributed by atoms with van der Waals surface area (Å²) in [7, 11) is 0. The number of ether oxygens (including phenoxy) is 1. The van der Waals surface area contributed by atoms with Crippen molar-refractivity contribution >= 4 is 76.2 Å². The number of nitrogens with zero attached hydrogens (tertiary/aromatic N) is 1. The molecule has 2 heterocycles. The second kappa shape index (κ2) is 11.8. The van der Waals surface area contributed by atoms with Gasteiger partial charge in [-0.05, 0) is 91.5 Å². The van der Waals surface area contributed by atoms with E-state index >= 15 is 0 Å². The van der Waals surface area contributed by atoms with E-state index in [4.69, 9.17) is 14.1 Å². The lowest BCUT2D eigenvalue weighted by atomic mass is 9.85. The van der Waals surface area contributed by atoms with Gasteiger partial charge in [-0.25, -0.2) is 4.99 Å². The van der Waals surface area contributed by atoms with Crippen LogP contribution < -0.4 is 4.74 Å². The highest BCUT2D eigenvalue weighted by Gasteiger charge is 2.34. The van der Waals surface area contributed by atoms with Crippen molar-refractivity contribution in [3.05, 3.63) is 197 Å². The standard InChI is InChI=1S/C47H30BrNO2/c1-28(29-9-3-2-4-10-29)49-47(46-25-32-15-19-34(48)27-44(32)51-46)33-17-21-40-42-24-31(18-22-43(42)50-45(40)26-33)30-16-20-39-37-13-6-5-11-35(37)36-12-7-8-14-38(36)41(39)23-30/h2-27,42-43H,1H2. The van der Waals surface area contributed by atoms with Gasteiger partial charge in [-0.2, -0.15) is 0 Å². The lowest BCUT2D eigenvalue weighted by Gasteiger charge is -2.19. The Morgan fingerprint density at radius 3 is 2.12 bits per heavy atom. The van der Waals surface area contributed by atoms with Crippen LogP contribution in [0.15, 0.2) is 178 Å². The van der Waals surface area contributed by atoms with Crippen molar-refractivity contribution in [3.63, 3.8) is 0 Å². The van der Waals surface area contributed by atoms with E-state index < -0.39 is 0 Å². The summed E-state index contributed by atoms with van der Waals surface area (Å²) in [4.78, 5) is 5.07. The van der Waals surface area contributed by atoms with Crippen LogP contribution in [-0.4, -0.2) is 11.8 Å². The van der Waals surface area contributed by atoms with Crippen LogP contribution in [-0.2, 0) is 0 Å². The Kier molecular flexibility index (Phi) is 6.93. The minimum atomic E-state index is -0.0764. The number of hydrogen-bond donors (Lipinski definition) is 0. The maximum Gasteiger partial charge on any atom is 0.154 e. The van der Waals surface area contributed by atoms with Gasteiger partial charge in [0.15, 0.2) is 5.76 Å². The SMILES string of the molecule is C=C(N=C(c1ccc2c(c1)OC1C=CC(c3ccc4c5ccccc5c5ccccc5c4c3)=CC21)c1cc2ccc(Br)cc2o1)c1ccccc1. The molecule has 10 rings (SSSR count). The smallest absolute Gasteiger partial charge is 0.154 e. The van der Waals surface area contributed by atoms with Gasteiger partial charge in [0.05, 0.1) is 5.70 Å². The van der Waals surface area contributed by atoms with E-state index in [1.54, 1.807) is 0 Å². The Labute approximate surface area is 303 Å². The Morgan fingerprint density at radius 1 is 0.647 bits per heavy atom. The molecule has 2 unspecified atom stereocenters. The van der Waals surface area contributed by atoms with Crippen molar-refractivity contribution in [2.24, 2.45) is 4.99 Å². The number of fused-ring (bicyclic) bond motifs is 10. The Balaban J connectivity index is 1.04. The molecule has 7 aromatic carbocycles. The largest absolute Gasteiger partial charge is 0.485 e. The summed E-state index contributed by atoms with van der Waals surface area (Å²) in [6, 6.07) is 48.9. The number of furan rings is 1. The van der Waals surface area contributed by atoms with Crippen LogP contribution in [0.4, 0.5) is 0 Å². The molecule has 0 saturated carbocycles. The first-order valence-corrected chi connectivity index (χ1v) is 17.9. The summed E-state index contributed by atoms with van der Waals surface area (Å²) in [5.41, 5.74) is 7.59. The quantitative estimate of drug-likeness (QED) is 0.131. The fraction of sp³-hybridized carbons (Fsp3) is 0.0426. The van der Waals surface area contributed by atoms with Crippen molar-refractivity contribution in [2.45, 2.75) is 12.0 Å². The average Bonchev–Trinajstić information content (AvgIpc) is 3.77. The zero-order valence-electron chi connectivity index (χ0n) is 27.5. The molecule has 0 radical (unpaired) electrons. The number of hydrogen-bond acceptors (Lipinski definition) is 3. The molecule has 2 aliphatic rings. The van der Waals surface area contributed by atoms with E-state index in [9.17, 15) is 0 Å². The van der Waals surface area contributed by atoms with Gasteiger partial charge in [-0.1, -0.05) is 138 Å². The van der Waals surface area contributed by atoms with E-state index in [2.05, 4.69) is 126 Å². The molecule has 0 bridgehead atoms. The summed E-state index contributed by atoms with van der Waals surface area (Å²) in [5, 5.41) is 8.69. The van der Waals surface area contributed by atoms with Gasteiger partial charge in [0.2, 0.25) is 0 Å². The first kappa shape index (κ1) is 29.9. The third-order valence-electron chi connectivity index (χ3n) is 10.2. The predicted molar refractivity (Wildman–Crippen MR) is 215 cm³/mol. The molecule has 1 aliphatic carbocycles. The highest BCUT2D eigenvalue weighted by molar-refractivity contribution is 9.10. The number of allylic oxidation sites excluding steroid dienone is 2. The van der Waals surface area contributed by atoms with Gasteiger partial charge in [-0.15, -0.1) is 0 Å². The molecule has 3 nitrogen and oxygen atoms in total. The van der Waals surface area contributed by atoms with Crippen LogP contribution in [0.25, 0.3) is 54.6 Å². The molecule has 1 aliphatic heterocycles. The molecular formula is C47H30BrNO2. The molecule has 0 N–H and O–H groups in total. The number of benzene rings is 7. The summed E-state index contributed by atoms with van der Waals surface area (Å²) >= 11 is 3.57. The molecule has 1 aromatic heterocycles. The predicted octanol–water partition coefficient (Wildman–Crippen LogP) is 12.7. The zero-order chi connectivity index (χ0) is 34.1.